The third-order valence-corrected chi connectivity index (χ3v) is 5.35. The molecule has 1 atom stereocenters. The molecule has 21 heavy (non-hydrogen) atoms. The zero-order valence-corrected chi connectivity index (χ0v) is 13.7. The molecule has 1 saturated heterocycles. The SMILES string of the molecule is CCCN(CC)CCNS(=O)(=O)N1CCCC(C(=O)O)C1. The summed E-state index contributed by atoms with van der Waals surface area (Å²) >= 11 is 0. The van der Waals surface area contributed by atoms with Crippen LogP contribution in [0, 0.1) is 5.92 Å². The summed E-state index contributed by atoms with van der Waals surface area (Å²) in [4.78, 5) is 13.2. The zero-order valence-electron chi connectivity index (χ0n) is 12.9. The molecule has 1 aliphatic heterocycles. The summed E-state index contributed by atoms with van der Waals surface area (Å²) in [6.07, 6.45) is 2.17. The molecule has 0 aliphatic carbocycles. The van der Waals surface area contributed by atoms with Gasteiger partial charge in [-0.15, -0.1) is 0 Å². The predicted molar refractivity (Wildman–Crippen MR) is 81.3 cm³/mol. The van der Waals surface area contributed by atoms with E-state index in [1.165, 1.54) is 4.31 Å². The monoisotopic (exact) mass is 321 g/mol. The van der Waals surface area contributed by atoms with Crippen molar-refractivity contribution in [1.82, 2.24) is 13.9 Å². The Morgan fingerprint density at radius 2 is 2.10 bits per heavy atom. The first-order valence-electron chi connectivity index (χ1n) is 7.60. The van der Waals surface area contributed by atoms with Gasteiger partial charge in [0.15, 0.2) is 0 Å². The van der Waals surface area contributed by atoms with Crippen molar-refractivity contribution in [2.45, 2.75) is 33.1 Å². The van der Waals surface area contributed by atoms with Crippen molar-refractivity contribution >= 4 is 16.2 Å². The van der Waals surface area contributed by atoms with Crippen LogP contribution in [0.2, 0.25) is 0 Å². The first-order valence-corrected chi connectivity index (χ1v) is 9.04. The van der Waals surface area contributed by atoms with Gasteiger partial charge in [-0.25, -0.2) is 4.72 Å². The van der Waals surface area contributed by atoms with Crippen LogP contribution in [-0.4, -0.2) is 68.0 Å². The molecular formula is C13H27N3O4S. The van der Waals surface area contributed by atoms with E-state index in [2.05, 4.69) is 16.5 Å². The van der Waals surface area contributed by atoms with Crippen LogP contribution in [0.5, 0.6) is 0 Å². The number of aliphatic carboxylic acids is 1. The molecule has 124 valence electrons. The lowest BCUT2D eigenvalue weighted by Crippen LogP contribution is -2.48. The molecular weight excluding hydrogens is 294 g/mol. The summed E-state index contributed by atoms with van der Waals surface area (Å²) in [7, 11) is -3.58. The maximum absolute atomic E-state index is 12.2. The molecule has 1 heterocycles. The summed E-state index contributed by atoms with van der Waals surface area (Å²) in [5.41, 5.74) is 0. The van der Waals surface area contributed by atoms with Crippen LogP contribution < -0.4 is 4.72 Å². The molecule has 0 spiro atoms. The Balaban J connectivity index is 2.47. The van der Waals surface area contributed by atoms with Crippen LogP contribution in [0.25, 0.3) is 0 Å². The van der Waals surface area contributed by atoms with Gasteiger partial charge in [-0.1, -0.05) is 13.8 Å². The van der Waals surface area contributed by atoms with Gasteiger partial charge in [0.1, 0.15) is 0 Å². The topological polar surface area (TPSA) is 90.0 Å². The Kier molecular flexibility index (Phi) is 7.58. The highest BCUT2D eigenvalue weighted by atomic mass is 32.2. The number of likely N-dealkylation sites (N-methyl/N-ethyl adjacent to an activating group) is 1. The highest BCUT2D eigenvalue weighted by molar-refractivity contribution is 7.87. The number of nitrogens with zero attached hydrogens (tertiary/aromatic N) is 2. The molecule has 0 bridgehead atoms. The van der Waals surface area contributed by atoms with E-state index in [-0.39, 0.29) is 6.54 Å². The van der Waals surface area contributed by atoms with Gasteiger partial charge in [0.2, 0.25) is 0 Å². The lowest BCUT2D eigenvalue weighted by atomic mass is 10.0. The van der Waals surface area contributed by atoms with Gasteiger partial charge in [0.25, 0.3) is 10.2 Å². The second kappa shape index (κ2) is 8.67. The second-order valence-corrected chi connectivity index (χ2v) is 7.12. The molecule has 1 fully saturated rings. The highest BCUT2D eigenvalue weighted by Crippen LogP contribution is 2.18. The van der Waals surface area contributed by atoms with E-state index in [1.54, 1.807) is 0 Å². The van der Waals surface area contributed by atoms with Crippen LogP contribution >= 0.6 is 0 Å². The van der Waals surface area contributed by atoms with E-state index in [0.717, 1.165) is 19.5 Å². The number of hydrogen-bond acceptors (Lipinski definition) is 4. The summed E-state index contributed by atoms with van der Waals surface area (Å²) < 4.78 is 28.2. The van der Waals surface area contributed by atoms with Crippen molar-refractivity contribution in [3.63, 3.8) is 0 Å². The standard InChI is InChI=1S/C13H27N3O4S/c1-3-8-15(4-2)10-7-14-21(19,20)16-9-5-6-12(11-16)13(17)18/h12,14H,3-11H2,1-2H3,(H,17,18). The van der Waals surface area contributed by atoms with Crippen LogP contribution in [0.4, 0.5) is 0 Å². The fourth-order valence-electron chi connectivity index (χ4n) is 2.53. The number of piperidine rings is 1. The Hall–Kier alpha value is -0.700. The van der Waals surface area contributed by atoms with E-state index >= 15 is 0 Å². The lowest BCUT2D eigenvalue weighted by molar-refractivity contribution is -0.142. The molecule has 0 amide bonds. The number of rotatable bonds is 9. The molecule has 0 aromatic rings. The van der Waals surface area contributed by atoms with Gasteiger partial charge in [0, 0.05) is 26.2 Å². The second-order valence-electron chi connectivity index (χ2n) is 5.37. The Labute approximate surface area is 127 Å². The Morgan fingerprint density at radius 1 is 1.38 bits per heavy atom. The van der Waals surface area contributed by atoms with E-state index in [4.69, 9.17) is 5.11 Å². The molecule has 0 radical (unpaired) electrons. The highest BCUT2D eigenvalue weighted by Gasteiger charge is 2.31. The van der Waals surface area contributed by atoms with Crippen LogP contribution in [0.1, 0.15) is 33.1 Å². The predicted octanol–water partition coefficient (Wildman–Crippen LogP) is 0.349. The molecule has 1 aliphatic rings. The minimum atomic E-state index is -3.58. The van der Waals surface area contributed by atoms with Crippen molar-refractivity contribution in [2.75, 3.05) is 39.3 Å². The summed E-state index contributed by atoms with van der Waals surface area (Å²) in [5, 5.41) is 9.01. The van der Waals surface area contributed by atoms with Crippen molar-refractivity contribution in [2.24, 2.45) is 5.92 Å². The number of carboxylic acids is 1. The third-order valence-electron chi connectivity index (χ3n) is 3.77. The quantitative estimate of drug-likeness (QED) is 0.639. The Bertz CT molecular complexity index is 427. The van der Waals surface area contributed by atoms with Crippen molar-refractivity contribution in [1.29, 1.82) is 0 Å². The molecule has 0 aromatic heterocycles. The van der Waals surface area contributed by atoms with Crippen molar-refractivity contribution < 1.29 is 18.3 Å². The minimum Gasteiger partial charge on any atom is -0.481 e. The minimum absolute atomic E-state index is 0.0666. The molecule has 0 saturated carbocycles. The van der Waals surface area contributed by atoms with Gasteiger partial charge in [-0.2, -0.15) is 12.7 Å². The average molecular weight is 321 g/mol. The maximum atomic E-state index is 12.2. The van der Waals surface area contributed by atoms with Crippen molar-refractivity contribution in [3.05, 3.63) is 0 Å². The normalized spacial score (nSPS) is 20.8. The molecule has 7 nitrogen and oxygen atoms in total. The number of carbonyl (C=O) groups is 1. The fourth-order valence-corrected chi connectivity index (χ4v) is 3.81. The molecule has 1 unspecified atom stereocenters. The fraction of sp³-hybridized carbons (Fsp3) is 0.923. The van der Waals surface area contributed by atoms with Crippen LogP contribution in [-0.2, 0) is 15.0 Å². The number of nitrogens with one attached hydrogen (secondary N) is 1. The van der Waals surface area contributed by atoms with Gasteiger partial charge in [-0.3, -0.25) is 4.79 Å². The van der Waals surface area contributed by atoms with E-state index in [1.807, 2.05) is 6.92 Å². The first-order chi connectivity index (χ1) is 9.90. The lowest BCUT2D eigenvalue weighted by Gasteiger charge is -2.30. The van der Waals surface area contributed by atoms with Crippen LogP contribution in [0.3, 0.4) is 0 Å². The zero-order chi connectivity index (χ0) is 15.9. The van der Waals surface area contributed by atoms with Gasteiger partial charge in [-0.05, 0) is 32.4 Å². The number of hydrogen-bond donors (Lipinski definition) is 2. The average Bonchev–Trinajstić information content (AvgIpc) is 2.46. The van der Waals surface area contributed by atoms with E-state index in [0.29, 0.717) is 32.5 Å². The van der Waals surface area contributed by atoms with Gasteiger partial charge < -0.3 is 10.0 Å². The number of carboxylic acid groups (broad SMARTS) is 1. The van der Waals surface area contributed by atoms with Crippen molar-refractivity contribution in [3.8, 4) is 0 Å². The third kappa shape index (κ3) is 5.90. The molecule has 8 heteroatoms. The smallest absolute Gasteiger partial charge is 0.307 e. The van der Waals surface area contributed by atoms with E-state index < -0.39 is 22.1 Å². The summed E-state index contributed by atoms with van der Waals surface area (Å²) in [6, 6.07) is 0. The molecule has 1 rings (SSSR count). The van der Waals surface area contributed by atoms with Gasteiger partial charge >= 0.3 is 5.97 Å². The van der Waals surface area contributed by atoms with Crippen LogP contribution in [0.15, 0.2) is 0 Å². The van der Waals surface area contributed by atoms with E-state index in [9.17, 15) is 13.2 Å². The summed E-state index contributed by atoms with van der Waals surface area (Å²) in [5.74, 6) is -1.52. The van der Waals surface area contributed by atoms with Gasteiger partial charge in [0.05, 0.1) is 5.92 Å². The maximum Gasteiger partial charge on any atom is 0.307 e. The molecule has 2 N–H and O–H groups in total. The first kappa shape index (κ1) is 18.3. The largest absolute Gasteiger partial charge is 0.481 e. The Morgan fingerprint density at radius 3 is 2.67 bits per heavy atom. The molecule has 0 aromatic carbocycles. The summed E-state index contributed by atoms with van der Waals surface area (Å²) in [6.45, 7) is 7.45.